The quantitative estimate of drug-likeness (QED) is 0.339. The first kappa shape index (κ1) is 27.6. The molecule has 5 rings (SSSR count). The summed E-state index contributed by atoms with van der Waals surface area (Å²) in [4.78, 5) is 55.5. The number of nitrogens with zero attached hydrogens (tertiary/aromatic N) is 4. The minimum atomic E-state index is -0.883. The molecule has 3 aromatic carbocycles. The molecule has 41 heavy (non-hydrogen) atoms. The van der Waals surface area contributed by atoms with Gasteiger partial charge in [0.15, 0.2) is 0 Å². The Bertz CT molecular complexity index is 1470. The molecular weight excluding hydrogens is 524 g/mol. The molecule has 11 nitrogen and oxygen atoms in total. The van der Waals surface area contributed by atoms with Crippen molar-refractivity contribution >= 4 is 40.6 Å². The Balaban J connectivity index is 1.28. The fraction of sp³-hybridized carbons (Fsp3) is 0.300. The lowest BCUT2D eigenvalue weighted by Gasteiger charge is -2.43. The lowest BCUT2D eigenvalue weighted by molar-refractivity contribution is -0.384. The van der Waals surface area contributed by atoms with Gasteiger partial charge in [0.05, 0.1) is 11.6 Å². The maximum absolute atomic E-state index is 13.9. The minimum Gasteiger partial charge on any atom is -0.339 e. The highest BCUT2D eigenvalue weighted by Crippen LogP contribution is 2.39. The molecule has 11 heteroatoms. The minimum absolute atomic E-state index is 0.0594. The van der Waals surface area contributed by atoms with Crippen LogP contribution in [0.5, 0.6) is 0 Å². The summed E-state index contributed by atoms with van der Waals surface area (Å²) in [5, 5.41) is 16.6. The summed E-state index contributed by atoms with van der Waals surface area (Å²) in [7, 11) is 0. The van der Waals surface area contributed by atoms with Gasteiger partial charge in [0.25, 0.3) is 11.6 Å². The molecule has 2 fully saturated rings. The number of rotatable bonds is 6. The van der Waals surface area contributed by atoms with Crippen LogP contribution < -0.4 is 15.5 Å². The molecule has 2 aliphatic rings. The SMILES string of the molecule is Cc1ccc(NC(=O)CN2CN(c3ccccc3)C3(CCN(C(=O)Nc4ccc([N+](=O)[O-])cc4)CC3)C2=O)cc1C. The highest BCUT2D eigenvalue weighted by molar-refractivity contribution is 5.99. The fourth-order valence-corrected chi connectivity index (χ4v) is 5.46. The molecule has 0 bridgehead atoms. The van der Waals surface area contributed by atoms with Crippen molar-refractivity contribution in [1.82, 2.24) is 9.80 Å². The third-order valence-electron chi connectivity index (χ3n) is 7.91. The van der Waals surface area contributed by atoms with Crippen molar-refractivity contribution in [3.63, 3.8) is 0 Å². The number of amides is 4. The van der Waals surface area contributed by atoms with Gasteiger partial charge in [-0.3, -0.25) is 19.7 Å². The first-order chi connectivity index (χ1) is 19.7. The number of non-ortho nitro benzene ring substituents is 1. The van der Waals surface area contributed by atoms with Crippen molar-refractivity contribution in [2.75, 3.05) is 41.8 Å². The van der Waals surface area contributed by atoms with Gasteiger partial charge < -0.3 is 25.3 Å². The molecule has 0 aliphatic carbocycles. The Labute approximate surface area is 237 Å². The first-order valence-corrected chi connectivity index (χ1v) is 13.5. The predicted octanol–water partition coefficient (Wildman–Crippen LogP) is 4.52. The highest BCUT2D eigenvalue weighted by Gasteiger charge is 2.54. The van der Waals surface area contributed by atoms with Gasteiger partial charge in [-0.05, 0) is 74.2 Å². The zero-order valence-electron chi connectivity index (χ0n) is 23.0. The Morgan fingerprint density at radius 3 is 2.20 bits per heavy atom. The third-order valence-corrected chi connectivity index (χ3v) is 7.91. The Hall–Kier alpha value is -4.93. The van der Waals surface area contributed by atoms with Crippen molar-refractivity contribution in [1.29, 1.82) is 0 Å². The normalized spacial score (nSPS) is 16.1. The van der Waals surface area contributed by atoms with Crippen molar-refractivity contribution in [3.05, 3.63) is 94.0 Å². The number of aryl methyl sites for hydroxylation is 2. The topological polar surface area (TPSA) is 128 Å². The van der Waals surface area contributed by atoms with Gasteiger partial charge in [-0.1, -0.05) is 24.3 Å². The van der Waals surface area contributed by atoms with Crippen LogP contribution >= 0.6 is 0 Å². The van der Waals surface area contributed by atoms with E-state index in [1.165, 1.54) is 24.3 Å². The number of piperidine rings is 1. The smallest absolute Gasteiger partial charge is 0.321 e. The Kier molecular flexibility index (Phi) is 7.60. The predicted molar refractivity (Wildman–Crippen MR) is 156 cm³/mol. The van der Waals surface area contributed by atoms with Gasteiger partial charge in [0.2, 0.25) is 5.91 Å². The van der Waals surface area contributed by atoms with Crippen molar-refractivity contribution in [2.45, 2.75) is 32.2 Å². The largest absolute Gasteiger partial charge is 0.339 e. The van der Waals surface area contributed by atoms with E-state index in [0.717, 1.165) is 16.8 Å². The van der Waals surface area contributed by atoms with E-state index in [9.17, 15) is 24.5 Å². The number of likely N-dealkylation sites (tertiary alicyclic amines) is 1. The molecule has 2 heterocycles. The number of nitro benzene ring substituents is 1. The number of carbonyl (C=O) groups is 3. The molecule has 0 atom stereocenters. The molecule has 0 aromatic heterocycles. The number of anilines is 3. The van der Waals surface area contributed by atoms with E-state index in [2.05, 4.69) is 10.6 Å². The van der Waals surface area contributed by atoms with E-state index in [0.29, 0.717) is 37.3 Å². The van der Waals surface area contributed by atoms with E-state index in [1.54, 1.807) is 9.80 Å². The van der Waals surface area contributed by atoms with Crippen LogP contribution in [-0.4, -0.2) is 64.4 Å². The average molecular weight is 557 g/mol. The molecule has 2 N–H and O–H groups in total. The summed E-state index contributed by atoms with van der Waals surface area (Å²) >= 11 is 0. The Morgan fingerprint density at radius 1 is 0.902 bits per heavy atom. The summed E-state index contributed by atoms with van der Waals surface area (Å²) in [6.45, 7) is 4.83. The fourth-order valence-electron chi connectivity index (χ4n) is 5.46. The highest BCUT2D eigenvalue weighted by atomic mass is 16.6. The number of hydrogen-bond acceptors (Lipinski definition) is 6. The van der Waals surface area contributed by atoms with Crippen molar-refractivity contribution in [2.24, 2.45) is 0 Å². The lowest BCUT2D eigenvalue weighted by atomic mass is 9.85. The maximum Gasteiger partial charge on any atom is 0.321 e. The van der Waals surface area contributed by atoms with Gasteiger partial charge in [0, 0.05) is 42.3 Å². The van der Waals surface area contributed by atoms with Crippen LogP contribution in [-0.2, 0) is 9.59 Å². The van der Waals surface area contributed by atoms with E-state index < -0.39 is 10.5 Å². The average Bonchev–Trinajstić information content (AvgIpc) is 3.22. The molecular formula is C30H32N6O5. The monoisotopic (exact) mass is 556 g/mol. The summed E-state index contributed by atoms with van der Waals surface area (Å²) in [5.74, 6) is -0.404. The van der Waals surface area contributed by atoms with Crippen LogP contribution in [0.25, 0.3) is 0 Å². The third kappa shape index (κ3) is 5.69. The molecule has 0 radical (unpaired) electrons. The number of nitrogens with one attached hydrogen (secondary N) is 2. The molecule has 2 aliphatic heterocycles. The van der Waals surface area contributed by atoms with Crippen LogP contribution in [0.2, 0.25) is 0 Å². The second-order valence-corrected chi connectivity index (χ2v) is 10.5. The molecule has 1 spiro atoms. The van der Waals surface area contributed by atoms with E-state index >= 15 is 0 Å². The van der Waals surface area contributed by atoms with E-state index in [4.69, 9.17) is 0 Å². The van der Waals surface area contributed by atoms with E-state index in [-0.39, 0.29) is 36.7 Å². The van der Waals surface area contributed by atoms with Crippen LogP contribution in [0, 0.1) is 24.0 Å². The summed E-state index contributed by atoms with van der Waals surface area (Å²) in [6.07, 6.45) is 0.785. The van der Waals surface area contributed by atoms with Crippen LogP contribution in [0.1, 0.15) is 24.0 Å². The summed E-state index contributed by atoms with van der Waals surface area (Å²) in [6, 6.07) is 20.6. The van der Waals surface area contributed by atoms with Gasteiger partial charge >= 0.3 is 6.03 Å². The van der Waals surface area contributed by atoms with E-state index in [1.807, 2.05) is 67.3 Å². The van der Waals surface area contributed by atoms with Crippen LogP contribution in [0.4, 0.5) is 27.5 Å². The molecule has 4 amide bonds. The first-order valence-electron chi connectivity index (χ1n) is 13.5. The second kappa shape index (κ2) is 11.3. The van der Waals surface area contributed by atoms with Crippen LogP contribution in [0.15, 0.2) is 72.8 Å². The Morgan fingerprint density at radius 2 is 1.56 bits per heavy atom. The van der Waals surface area contributed by atoms with Gasteiger partial charge in [-0.2, -0.15) is 0 Å². The number of para-hydroxylation sites is 1. The number of benzene rings is 3. The number of carbonyl (C=O) groups excluding carboxylic acids is 3. The standard InChI is InChI=1S/C30H32N6O5/c1-21-8-9-24(18-22(21)2)31-27(37)19-34-20-35(25-6-4-3-5-7-25)30(28(34)38)14-16-33(17-15-30)29(39)32-23-10-12-26(13-11-23)36(40)41/h3-13,18H,14-17,19-20H2,1-2H3,(H,31,37)(H,32,39). The maximum atomic E-state index is 13.9. The molecule has 3 aromatic rings. The summed E-state index contributed by atoms with van der Waals surface area (Å²) in [5.41, 5.74) is 3.27. The number of urea groups is 1. The zero-order chi connectivity index (χ0) is 29.1. The number of hydrogen-bond donors (Lipinski definition) is 2. The second-order valence-electron chi connectivity index (χ2n) is 10.5. The van der Waals surface area contributed by atoms with Gasteiger partial charge in [0.1, 0.15) is 12.1 Å². The summed E-state index contributed by atoms with van der Waals surface area (Å²) < 4.78 is 0. The molecule has 2 saturated heterocycles. The molecule has 0 unspecified atom stereocenters. The number of nitro groups is 1. The van der Waals surface area contributed by atoms with Gasteiger partial charge in [-0.15, -0.1) is 0 Å². The van der Waals surface area contributed by atoms with Crippen molar-refractivity contribution in [3.8, 4) is 0 Å². The molecule has 212 valence electrons. The lowest BCUT2D eigenvalue weighted by Crippen LogP contribution is -2.58. The molecule has 0 saturated carbocycles. The van der Waals surface area contributed by atoms with Gasteiger partial charge in [-0.25, -0.2) is 4.79 Å². The van der Waals surface area contributed by atoms with Crippen molar-refractivity contribution < 1.29 is 19.3 Å². The van der Waals surface area contributed by atoms with Crippen LogP contribution in [0.3, 0.4) is 0 Å². The zero-order valence-corrected chi connectivity index (χ0v) is 23.0.